The van der Waals surface area contributed by atoms with Crippen LogP contribution in [0.2, 0.25) is 0 Å². The molecular formula is C12H19N3O. The lowest BCUT2D eigenvalue weighted by Gasteiger charge is -2.27. The molecule has 2 heterocycles. The lowest BCUT2D eigenvalue weighted by atomic mass is 10.1. The highest BCUT2D eigenvalue weighted by molar-refractivity contribution is 5.38. The summed E-state index contributed by atoms with van der Waals surface area (Å²) in [5.74, 6) is 0.937. The summed E-state index contributed by atoms with van der Waals surface area (Å²) in [4.78, 5) is 2.32. The first-order valence-electron chi connectivity index (χ1n) is 6.01. The summed E-state index contributed by atoms with van der Waals surface area (Å²) in [7, 11) is 0. The van der Waals surface area contributed by atoms with Gasteiger partial charge in [-0.15, -0.1) is 5.10 Å². The molecule has 2 rings (SSSR count). The minimum absolute atomic E-state index is 0.0389. The Hall–Kier alpha value is -1.16. The maximum Gasteiger partial charge on any atom is 0.151 e. The Bertz CT molecular complexity index is 326. The Labute approximate surface area is 96.3 Å². The first-order chi connectivity index (χ1) is 7.81. The van der Waals surface area contributed by atoms with Gasteiger partial charge in [-0.2, -0.15) is 5.10 Å². The maximum atomic E-state index is 8.92. The van der Waals surface area contributed by atoms with Gasteiger partial charge in [0.2, 0.25) is 0 Å². The van der Waals surface area contributed by atoms with E-state index in [9.17, 15) is 0 Å². The van der Waals surface area contributed by atoms with Gasteiger partial charge in [0, 0.05) is 12.6 Å². The molecule has 0 amide bonds. The van der Waals surface area contributed by atoms with E-state index in [0.29, 0.717) is 11.7 Å². The molecule has 1 unspecified atom stereocenters. The van der Waals surface area contributed by atoms with Crippen LogP contribution in [-0.2, 0) is 6.61 Å². The maximum absolute atomic E-state index is 8.92. The molecule has 1 aliphatic heterocycles. The van der Waals surface area contributed by atoms with E-state index in [2.05, 4.69) is 22.0 Å². The first-order valence-corrected chi connectivity index (χ1v) is 6.01. The van der Waals surface area contributed by atoms with Crippen LogP contribution in [0.5, 0.6) is 0 Å². The molecule has 1 aromatic rings. The third-order valence-electron chi connectivity index (χ3n) is 3.21. The molecule has 0 bridgehead atoms. The summed E-state index contributed by atoms with van der Waals surface area (Å²) in [5.41, 5.74) is 0.631. The minimum Gasteiger partial charge on any atom is -0.390 e. The fourth-order valence-corrected chi connectivity index (χ4v) is 2.21. The van der Waals surface area contributed by atoms with Gasteiger partial charge in [0.1, 0.15) is 0 Å². The van der Waals surface area contributed by atoms with Crippen molar-refractivity contribution in [2.24, 2.45) is 0 Å². The monoisotopic (exact) mass is 221 g/mol. The van der Waals surface area contributed by atoms with E-state index in [0.717, 1.165) is 12.4 Å². The number of hydrogen-bond donors (Lipinski definition) is 1. The largest absolute Gasteiger partial charge is 0.390 e. The first kappa shape index (κ1) is 11.3. The lowest BCUT2D eigenvalue weighted by Crippen LogP contribution is -2.33. The summed E-state index contributed by atoms with van der Waals surface area (Å²) < 4.78 is 0. The molecule has 1 aliphatic rings. The molecule has 0 radical (unpaired) electrons. The van der Waals surface area contributed by atoms with Gasteiger partial charge >= 0.3 is 0 Å². The molecule has 1 N–H and O–H groups in total. The van der Waals surface area contributed by atoms with Gasteiger partial charge in [-0.3, -0.25) is 0 Å². The van der Waals surface area contributed by atoms with E-state index in [1.165, 1.54) is 25.7 Å². The highest BCUT2D eigenvalue weighted by Crippen LogP contribution is 2.21. The summed E-state index contributed by atoms with van der Waals surface area (Å²) >= 11 is 0. The van der Waals surface area contributed by atoms with Crippen LogP contribution >= 0.6 is 0 Å². The van der Waals surface area contributed by atoms with Crippen molar-refractivity contribution >= 4 is 5.82 Å². The number of anilines is 1. The normalized spacial score (nSPS) is 21.9. The number of nitrogens with zero attached hydrogens (tertiary/aromatic N) is 3. The lowest BCUT2D eigenvalue weighted by molar-refractivity contribution is 0.275. The van der Waals surface area contributed by atoms with Crippen molar-refractivity contribution in [1.29, 1.82) is 0 Å². The second kappa shape index (κ2) is 5.25. The Morgan fingerprint density at radius 3 is 2.88 bits per heavy atom. The Morgan fingerprint density at radius 1 is 1.31 bits per heavy atom. The topological polar surface area (TPSA) is 49.2 Å². The van der Waals surface area contributed by atoms with Gasteiger partial charge in [0.05, 0.1) is 12.3 Å². The average molecular weight is 221 g/mol. The van der Waals surface area contributed by atoms with E-state index in [-0.39, 0.29) is 6.61 Å². The summed E-state index contributed by atoms with van der Waals surface area (Å²) in [6.45, 7) is 3.27. The third-order valence-corrected chi connectivity index (χ3v) is 3.21. The molecule has 88 valence electrons. The number of aliphatic hydroxyl groups excluding tert-OH is 1. The van der Waals surface area contributed by atoms with Crippen molar-refractivity contribution in [3.63, 3.8) is 0 Å². The van der Waals surface area contributed by atoms with Crippen LogP contribution in [-0.4, -0.2) is 27.9 Å². The Balaban J connectivity index is 2.14. The molecular weight excluding hydrogens is 202 g/mol. The molecule has 1 aromatic heterocycles. The van der Waals surface area contributed by atoms with Crippen molar-refractivity contribution < 1.29 is 5.11 Å². The van der Waals surface area contributed by atoms with Crippen LogP contribution in [0.15, 0.2) is 12.1 Å². The molecule has 16 heavy (non-hydrogen) atoms. The molecule has 0 aliphatic carbocycles. The highest BCUT2D eigenvalue weighted by Gasteiger charge is 2.18. The minimum atomic E-state index is -0.0389. The zero-order valence-corrected chi connectivity index (χ0v) is 9.76. The van der Waals surface area contributed by atoms with Gasteiger partial charge in [-0.1, -0.05) is 12.8 Å². The number of hydrogen-bond acceptors (Lipinski definition) is 4. The molecule has 0 spiro atoms. The second-order valence-electron chi connectivity index (χ2n) is 4.43. The molecule has 0 saturated carbocycles. The third kappa shape index (κ3) is 2.50. The number of aliphatic hydroxyl groups is 1. The van der Waals surface area contributed by atoms with Gasteiger partial charge in [0.25, 0.3) is 0 Å². The summed E-state index contributed by atoms with van der Waals surface area (Å²) in [6.07, 6.45) is 5.07. The molecule has 1 atom stereocenters. The summed E-state index contributed by atoms with van der Waals surface area (Å²) in [6, 6.07) is 4.34. The SMILES string of the molecule is CC1CCCCCN1c1ccc(CO)nn1. The van der Waals surface area contributed by atoms with Crippen LogP contribution in [0, 0.1) is 0 Å². The van der Waals surface area contributed by atoms with Gasteiger partial charge in [-0.25, -0.2) is 0 Å². The van der Waals surface area contributed by atoms with Crippen LogP contribution < -0.4 is 4.90 Å². The standard InChI is InChI=1S/C12H19N3O/c1-10-5-3-2-4-8-15(10)12-7-6-11(9-16)13-14-12/h6-7,10,16H,2-5,8-9H2,1H3. The summed E-state index contributed by atoms with van der Waals surface area (Å²) in [5, 5.41) is 17.1. The van der Waals surface area contributed by atoms with Crippen molar-refractivity contribution in [2.75, 3.05) is 11.4 Å². The quantitative estimate of drug-likeness (QED) is 0.826. The number of rotatable bonds is 2. The predicted molar refractivity (Wildman–Crippen MR) is 63.2 cm³/mol. The Kier molecular flexibility index (Phi) is 3.72. The molecule has 1 fully saturated rings. The van der Waals surface area contributed by atoms with E-state index in [4.69, 9.17) is 5.11 Å². The van der Waals surface area contributed by atoms with Crippen molar-refractivity contribution in [3.05, 3.63) is 17.8 Å². The van der Waals surface area contributed by atoms with Crippen molar-refractivity contribution in [2.45, 2.75) is 45.3 Å². The second-order valence-corrected chi connectivity index (χ2v) is 4.43. The fraction of sp³-hybridized carbons (Fsp3) is 0.667. The smallest absolute Gasteiger partial charge is 0.151 e. The number of aromatic nitrogens is 2. The van der Waals surface area contributed by atoms with Crippen LogP contribution in [0.1, 0.15) is 38.3 Å². The highest BCUT2D eigenvalue weighted by atomic mass is 16.3. The molecule has 4 nitrogen and oxygen atoms in total. The molecule has 1 saturated heterocycles. The van der Waals surface area contributed by atoms with Crippen LogP contribution in [0.3, 0.4) is 0 Å². The zero-order valence-electron chi connectivity index (χ0n) is 9.76. The van der Waals surface area contributed by atoms with Crippen molar-refractivity contribution in [3.8, 4) is 0 Å². The molecule has 4 heteroatoms. The van der Waals surface area contributed by atoms with E-state index < -0.39 is 0 Å². The Morgan fingerprint density at radius 2 is 2.19 bits per heavy atom. The van der Waals surface area contributed by atoms with E-state index in [1.54, 1.807) is 0 Å². The molecule has 0 aromatic carbocycles. The van der Waals surface area contributed by atoms with Gasteiger partial charge in [0.15, 0.2) is 5.82 Å². The van der Waals surface area contributed by atoms with Crippen LogP contribution in [0.25, 0.3) is 0 Å². The van der Waals surface area contributed by atoms with Gasteiger partial charge in [-0.05, 0) is 31.9 Å². The van der Waals surface area contributed by atoms with Crippen molar-refractivity contribution in [1.82, 2.24) is 10.2 Å². The average Bonchev–Trinajstić information content (AvgIpc) is 2.54. The fourth-order valence-electron chi connectivity index (χ4n) is 2.21. The van der Waals surface area contributed by atoms with E-state index >= 15 is 0 Å². The predicted octanol–water partition coefficient (Wildman–Crippen LogP) is 1.74. The van der Waals surface area contributed by atoms with Gasteiger partial charge < -0.3 is 10.0 Å². The van der Waals surface area contributed by atoms with E-state index in [1.807, 2.05) is 12.1 Å². The zero-order chi connectivity index (χ0) is 11.4. The van der Waals surface area contributed by atoms with Crippen LogP contribution in [0.4, 0.5) is 5.82 Å².